The lowest BCUT2D eigenvalue weighted by atomic mass is 10.3. The van der Waals surface area contributed by atoms with Crippen molar-refractivity contribution >= 4 is 28.3 Å². The average molecular weight is 443 g/mol. The summed E-state index contributed by atoms with van der Waals surface area (Å²) in [5.41, 5.74) is 3.00. The highest BCUT2D eigenvalue weighted by Crippen LogP contribution is 2.25. The van der Waals surface area contributed by atoms with E-state index in [1.807, 2.05) is 54.6 Å². The smallest absolute Gasteiger partial charge is 0.200 e. The fraction of sp³-hybridized carbons (Fsp3) is 0.0455. The molecule has 0 spiro atoms. The van der Waals surface area contributed by atoms with Gasteiger partial charge in [-0.05, 0) is 30.3 Å². The summed E-state index contributed by atoms with van der Waals surface area (Å²) in [6.07, 6.45) is 5.06. The molecule has 0 unspecified atom stereocenters. The summed E-state index contributed by atoms with van der Waals surface area (Å²) in [5, 5.41) is 14.8. The number of hydrogen-bond acceptors (Lipinski definition) is 6. The maximum absolute atomic E-state index is 6.18. The topological polar surface area (TPSA) is 88.0 Å². The zero-order chi connectivity index (χ0) is 21.5. The Labute approximate surface area is 186 Å². The Morgan fingerprint density at radius 3 is 2.62 bits per heavy atom. The summed E-state index contributed by atoms with van der Waals surface area (Å²) in [4.78, 5) is 9.29. The Balaban J connectivity index is 1.37. The van der Waals surface area contributed by atoms with E-state index in [4.69, 9.17) is 21.3 Å². The highest BCUT2D eigenvalue weighted by molar-refractivity contribution is 6.32. The number of nitrogens with zero attached hydrogens (tertiary/aromatic N) is 8. The minimum absolute atomic E-state index is 0.168. The number of aromatic nitrogens is 8. The van der Waals surface area contributed by atoms with E-state index in [0.717, 1.165) is 11.1 Å². The van der Waals surface area contributed by atoms with Crippen LogP contribution in [0.4, 0.5) is 0 Å². The molecule has 156 valence electrons. The van der Waals surface area contributed by atoms with E-state index in [1.54, 1.807) is 38.7 Å². The van der Waals surface area contributed by atoms with Gasteiger partial charge in [-0.25, -0.2) is 23.8 Å². The molecule has 0 aliphatic carbocycles. The van der Waals surface area contributed by atoms with Crippen LogP contribution in [0.5, 0.6) is 5.75 Å². The average Bonchev–Trinajstić information content (AvgIpc) is 3.56. The first kappa shape index (κ1) is 18.5. The second-order valence-corrected chi connectivity index (χ2v) is 7.40. The van der Waals surface area contributed by atoms with E-state index in [0.29, 0.717) is 33.6 Å². The van der Waals surface area contributed by atoms with E-state index < -0.39 is 0 Å². The molecule has 0 amide bonds. The summed E-state index contributed by atoms with van der Waals surface area (Å²) in [6.45, 7) is 0.168. The molecule has 0 saturated carbocycles. The molecule has 4 aromatic heterocycles. The summed E-state index contributed by atoms with van der Waals surface area (Å²) in [6, 6.07) is 19.0. The molecule has 0 aliphatic heterocycles. The van der Waals surface area contributed by atoms with Crippen molar-refractivity contribution in [1.29, 1.82) is 0 Å². The molecule has 32 heavy (non-hydrogen) atoms. The lowest BCUT2D eigenvalue weighted by Gasteiger charge is -2.09. The van der Waals surface area contributed by atoms with Crippen LogP contribution in [0.3, 0.4) is 0 Å². The quantitative estimate of drug-likeness (QED) is 0.400. The number of hydrogen-bond donors (Lipinski definition) is 0. The van der Waals surface area contributed by atoms with E-state index in [9.17, 15) is 0 Å². The van der Waals surface area contributed by atoms with E-state index in [2.05, 4.69) is 20.3 Å². The molecule has 0 atom stereocenters. The number of rotatable bonds is 5. The van der Waals surface area contributed by atoms with Crippen LogP contribution in [-0.2, 0) is 6.73 Å². The van der Waals surface area contributed by atoms with Gasteiger partial charge in [0.15, 0.2) is 18.0 Å². The van der Waals surface area contributed by atoms with Crippen LogP contribution in [0, 0.1) is 0 Å². The van der Waals surface area contributed by atoms with Gasteiger partial charge in [0.1, 0.15) is 17.8 Å². The predicted molar refractivity (Wildman–Crippen MR) is 119 cm³/mol. The zero-order valence-electron chi connectivity index (χ0n) is 16.6. The fourth-order valence-corrected chi connectivity index (χ4v) is 3.70. The number of benzene rings is 2. The molecular weight excluding hydrogens is 428 g/mol. The Hall–Kier alpha value is -4.24. The molecule has 0 aliphatic rings. The van der Waals surface area contributed by atoms with Crippen LogP contribution < -0.4 is 4.74 Å². The van der Waals surface area contributed by atoms with Gasteiger partial charge in [-0.15, -0.1) is 5.10 Å². The van der Waals surface area contributed by atoms with Crippen molar-refractivity contribution in [1.82, 2.24) is 39.1 Å². The molecule has 0 radical (unpaired) electrons. The van der Waals surface area contributed by atoms with Gasteiger partial charge >= 0.3 is 0 Å². The molecule has 10 heteroatoms. The maximum Gasteiger partial charge on any atom is 0.200 e. The van der Waals surface area contributed by atoms with Crippen LogP contribution in [0.1, 0.15) is 0 Å². The van der Waals surface area contributed by atoms with Gasteiger partial charge in [0.25, 0.3) is 0 Å². The first-order valence-corrected chi connectivity index (χ1v) is 10.2. The van der Waals surface area contributed by atoms with Crippen molar-refractivity contribution in [3.8, 4) is 23.0 Å². The number of para-hydroxylation sites is 2. The predicted octanol–water partition coefficient (Wildman–Crippen LogP) is 4.02. The normalized spacial score (nSPS) is 11.4. The van der Waals surface area contributed by atoms with Gasteiger partial charge in [0.05, 0.1) is 22.3 Å². The Morgan fingerprint density at radius 2 is 1.75 bits per heavy atom. The third kappa shape index (κ3) is 3.07. The second kappa shape index (κ2) is 7.47. The highest BCUT2D eigenvalue weighted by Gasteiger charge is 2.17. The van der Waals surface area contributed by atoms with Crippen molar-refractivity contribution in [3.05, 3.63) is 84.4 Å². The van der Waals surface area contributed by atoms with E-state index in [-0.39, 0.29) is 6.73 Å². The third-order valence-electron chi connectivity index (χ3n) is 5.03. The van der Waals surface area contributed by atoms with Gasteiger partial charge in [-0.1, -0.05) is 41.9 Å². The summed E-state index contributed by atoms with van der Waals surface area (Å²) < 4.78 is 10.9. The number of ether oxygens (including phenoxy) is 1. The van der Waals surface area contributed by atoms with Gasteiger partial charge in [0, 0.05) is 6.20 Å². The second-order valence-electron chi connectivity index (χ2n) is 7.00. The molecule has 4 heterocycles. The van der Waals surface area contributed by atoms with Crippen LogP contribution >= 0.6 is 11.6 Å². The minimum Gasteiger partial charge on any atom is -0.470 e. The van der Waals surface area contributed by atoms with Gasteiger partial charge in [0.2, 0.25) is 5.82 Å². The third-order valence-corrected chi connectivity index (χ3v) is 5.34. The zero-order valence-corrected chi connectivity index (χ0v) is 17.3. The molecule has 2 aromatic carbocycles. The van der Waals surface area contributed by atoms with Crippen molar-refractivity contribution in [2.24, 2.45) is 0 Å². The van der Waals surface area contributed by atoms with Gasteiger partial charge < -0.3 is 4.74 Å². The Morgan fingerprint density at radius 1 is 0.906 bits per heavy atom. The van der Waals surface area contributed by atoms with Crippen LogP contribution in [0.15, 0.2) is 79.4 Å². The molecule has 6 rings (SSSR count). The molecular formula is C22H15ClN8O. The lowest BCUT2D eigenvalue weighted by molar-refractivity contribution is 0.223. The van der Waals surface area contributed by atoms with Crippen molar-refractivity contribution < 1.29 is 4.74 Å². The first-order chi connectivity index (χ1) is 15.8. The van der Waals surface area contributed by atoms with Crippen molar-refractivity contribution in [2.45, 2.75) is 6.73 Å². The SMILES string of the molecule is Clc1ccccc1OCn1nccc1-c1nc2c3cnn(-c4ccccc4)c3ncn2n1. The van der Waals surface area contributed by atoms with Crippen LogP contribution in [-0.4, -0.2) is 39.1 Å². The molecule has 0 bridgehead atoms. The lowest BCUT2D eigenvalue weighted by Crippen LogP contribution is -2.09. The monoisotopic (exact) mass is 442 g/mol. The molecule has 0 fully saturated rings. The number of fused-ring (bicyclic) bond motifs is 3. The number of halogens is 1. The Kier molecular flexibility index (Phi) is 4.32. The first-order valence-electron chi connectivity index (χ1n) is 9.82. The Bertz CT molecular complexity index is 1550. The highest BCUT2D eigenvalue weighted by atomic mass is 35.5. The molecule has 6 aromatic rings. The molecule has 0 saturated heterocycles. The maximum atomic E-state index is 6.18. The van der Waals surface area contributed by atoms with E-state index in [1.165, 1.54) is 0 Å². The molecule has 0 N–H and O–H groups in total. The standard InChI is InChI=1S/C22H15ClN8O/c23-17-8-4-5-9-19(17)32-14-30-18(10-11-25-30)20-27-22-16-12-26-31(15-6-2-1-3-7-15)21(16)24-13-29(22)28-20/h1-13H,14H2. The fourth-order valence-electron chi connectivity index (χ4n) is 3.51. The van der Waals surface area contributed by atoms with Gasteiger partial charge in [-0.3, -0.25) is 0 Å². The van der Waals surface area contributed by atoms with Crippen molar-refractivity contribution in [2.75, 3.05) is 0 Å². The summed E-state index contributed by atoms with van der Waals surface area (Å²) in [5.74, 6) is 1.09. The van der Waals surface area contributed by atoms with Crippen LogP contribution in [0.25, 0.3) is 33.9 Å². The largest absolute Gasteiger partial charge is 0.470 e. The van der Waals surface area contributed by atoms with Crippen LogP contribution in [0.2, 0.25) is 5.02 Å². The van der Waals surface area contributed by atoms with Crippen molar-refractivity contribution in [3.63, 3.8) is 0 Å². The summed E-state index contributed by atoms with van der Waals surface area (Å²) in [7, 11) is 0. The minimum atomic E-state index is 0.168. The summed E-state index contributed by atoms with van der Waals surface area (Å²) >= 11 is 6.18. The molecule has 9 nitrogen and oxygen atoms in total. The van der Waals surface area contributed by atoms with Gasteiger partial charge in [-0.2, -0.15) is 10.2 Å². The van der Waals surface area contributed by atoms with E-state index >= 15 is 0 Å².